The Labute approximate surface area is 162 Å². The standard InChI is InChI=1S/C19H18ClN3O3S/c1-13-17(18(20)23(22-13)16-9-4-3-5-10-16)19(24)21-15-8-6-7-14(11-15)12-27(2,25)26/h3-11H,12H2,1-2H3,(H,21,24). The van der Waals surface area contributed by atoms with Crippen LogP contribution < -0.4 is 5.32 Å². The van der Waals surface area contributed by atoms with E-state index in [1.54, 1.807) is 31.2 Å². The number of amides is 1. The van der Waals surface area contributed by atoms with Gasteiger partial charge in [-0.1, -0.05) is 41.9 Å². The lowest BCUT2D eigenvalue weighted by atomic mass is 10.2. The minimum Gasteiger partial charge on any atom is -0.322 e. The zero-order chi connectivity index (χ0) is 19.6. The molecule has 27 heavy (non-hydrogen) atoms. The molecule has 2 aromatic carbocycles. The molecular weight excluding hydrogens is 386 g/mol. The maximum absolute atomic E-state index is 12.7. The number of aromatic nitrogens is 2. The largest absolute Gasteiger partial charge is 0.322 e. The number of hydrogen-bond donors (Lipinski definition) is 1. The Hall–Kier alpha value is -2.64. The molecule has 0 aliphatic carbocycles. The molecule has 0 bridgehead atoms. The van der Waals surface area contributed by atoms with Crippen LogP contribution in [0.4, 0.5) is 5.69 Å². The number of nitrogens with one attached hydrogen (secondary N) is 1. The topological polar surface area (TPSA) is 81.1 Å². The second-order valence-electron chi connectivity index (χ2n) is 6.22. The Bertz CT molecular complexity index is 1090. The van der Waals surface area contributed by atoms with Gasteiger partial charge in [0.25, 0.3) is 5.91 Å². The molecule has 0 fully saturated rings. The van der Waals surface area contributed by atoms with Crippen molar-refractivity contribution in [1.82, 2.24) is 9.78 Å². The predicted molar refractivity (Wildman–Crippen MR) is 106 cm³/mol. The average Bonchev–Trinajstić information content (AvgIpc) is 2.89. The Morgan fingerprint density at radius 3 is 2.52 bits per heavy atom. The van der Waals surface area contributed by atoms with Crippen LogP contribution in [-0.4, -0.2) is 30.4 Å². The highest BCUT2D eigenvalue weighted by Gasteiger charge is 2.21. The molecule has 0 aliphatic rings. The highest BCUT2D eigenvalue weighted by atomic mass is 35.5. The first-order chi connectivity index (χ1) is 12.7. The summed E-state index contributed by atoms with van der Waals surface area (Å²) in [7, 11) is -3.16. The quantitative estimate of drug-likeness (QED) is 0.705. The zero-order valence-corrected chi connectivity index (χ0v) is 16.4. The third-order valence-corrected chi connectivity index (χ3v) is 5.05. The Morgan fingerprint density at radius 1 is 1.15 bits per heavy atom. The number of nitrogens with zero attached hydrogens (tertiary/aromatic N) is 2. The van der Waals surface area contributed by atoms with Crippen molar-refractivity contribution < 1.29 is 13.2 Å². The number of aryl methyl sites for hydroxylation is 1. The van der Waals surface area contributed by atoms with E-state index in [4.69, 9.17) is 11.6 Å². The first kappa shape index (κ1) is 19.1. The van der Waals surface area contributed by atoms with Crippen molar-refractivity contribution in [3.8, 4) is 5.69 Å². The summed E-state index contributed by atoms with van der Waals surface area (Å²) in [5, 5.41) is 7.32. The molecule has 3 rings (SSSR count). The van der Waals surface area contributed by atoms with Crippen LogP contribution in [0.2, 0.25) is 5.15 Å². The van der Waals surface area contributed by atoms with Gasteiger partial charge in [0.15, 0.2) is 9.84 Å². The molecule has 140 valence electrons. The molecular formula is C19H18ClN3O3S. The number of carbonyl (C=O) groups is 1. The van der Waals surface area contributed by atoms with Gasteiger partial charge in [0.1, 0.15) is 10.7 Å². The summed E-state index contributed by atoms with van der Waals surface area (Å²) < 4.78 is 24.4. The number of rotatable bonds is 5. The summed E-state index contributed by atoms with van der Waals surface area (Å²) in [6.07, 6.45) is 1.17. The summed E-state index contributed by atoms with van der Waals surface area (Å²) in [5.41, 5.74) is 2.60. The fraction of sp³-hybridized carbons (Fsp3) is 0.158. The number of carbonyl (C=O) groups excluding carboxylic acids is 1. The van der Waals surface area contributed by atoms with E-state index < -0.39 is 15.7 Å². The van der Waals surface area contributed by atoms with Crippen molar-refractivity contribution in [1.29, 1.82) is 0 Å². The smallest absolute Gasteiger partial charge is 0.260 e. The number of para-hydroxylation sites is 1. The molecule has 0 atom stereocenters. The SMILES string of the molecule is Cc1nn(-c2ccccc2)c(Cl)c1C(=O)Nc1cccc(CS(C)(=O)=O)c1. The molecule has 0 aliphatic heterocycles. The average molecular weight is 404 g/mol. The van der Waals surface area contributed by atoms with Gasteiger partial charge in [0, 0.05) is 11.9 Å². The normalized spacial score (nSPS) is 11.4. The van der Waals surface area contributed by atoms with E-state index in [9.17, 15) is 13.2 Å². The summed E-state index contributed by atoms with van der Waals surface area (Å²) in [6.45, 7) is 1.71. The van der Waals surface area contributed by atoms with Gasteiger partial charge < -0.3 is 5.32 Å². The van der Waals surface area contributed by atoms with Gasteiger partial charge in [-0.05, 0) is 36.8 Å². The first-order valence-corrected chi connectivity index (χ1v) is 10.6. The van der Waals surface area contributed by atoms with E-state index in [1.807, 2.05) is 30.3 Å². The van der Waals surface area contributed by atoms with Gasteiger partial charge in [-0.3, -0.25) is 4.79 Å². The monoisotopic (exact) mass is 403 g/mol. The third kappa shape index (κ3) is 4.56. The highest BCUT2D eigenvalue weighted by Crippen LogP contribution is 2.25. The van der Waals surface area contributed by atoms with Crippen LogP contribution in [-0.2, 0) is 15.6 Å². The Balaban J connectivity index is 1.87. The van der Waals surface area contributed by atoms with Crippen molar-refractivity contribution >= 4 is 33.0 Å². The third-order valence-electron chi connectivity index (χ3n) is 3.85. The van der Waals surface area contributed by atoms with Crippen molar-refractivity contribution in [2.24, 2.45) is 0 Å². The molecule has 0 saturated heterocycles. The van der Waals surface area contributed by atoms with Crippen LogP contribution in [0.1, 0.15) is 21.6 Å². The molecule has 0 saturated carbocycles. The minimum atomic E-state index is -3.16. The summed E-state index contributed by atoms with van der Waals surface area (Å²) >= 11 is 6.40. The van der Waals surface area contributed by atoms with Crippen LogP contribution >= 0.6 is 11.6 Å². The number of anilines is 1. The lowest BCUT2D eigenvalue weighted by molar-refractivity contribution is 0.102. The highest BCUT2D eigenvalue weighted by molar-refractivity contribution is 7.89. The van der Waals surface area contributed by atoms with Crippen molar-refractivity contribution in [2.45, 2.75) is 12.7 Å². The molecule has 3 aromatic rings. The van der Waals surface area contributed by atoms with Gasteiger partial charge in [-0.25, -0.2) is 13.1 Å². The van der Waals surface area contributed by atoms with E-state index in [0.717, 1.165) is 5.69 Å². The van der Waals surface area contributed by atoms with Gasteiger partial charge in [0.2, 0.25) is 0 Å². The second-order valence-corrected chi connectivity index (χ2v) is 8.72. The molecule has 0 radical (unpaired) electrons. The van der Waals surface area contributed by atoms with Gasteiger partial charge >= 0.3 is 0 Å². The maximum atomic E-state index is 12.7. The number of halogens is 1. The van der Waals surface area contributed by atoms with Crippen molar-refractivity contribution in [2.75, 3.05) is 11.6 Å². The van der Waals surface area contributed by atoms with E-state index in [0.29, 0.717) is 16.9 Å². The molecule has 0 spiro atoms. The van der Waals surface area contributed by atoms with Crippen LogP contribution in [0.25, 0.3) is 5.69 Å². The fourth-order valence-electron chi connectivity index (χ4n) is 2.73. The lowest BCUT2D eigenvalue weighted by Crippen LogP contribution is -2.13. The minimum absolute atomic E-state index is 0.0948. The van der Waals surface area contributed by atoms with Crippen LogP contribution in [0, 0.1) is 6.92 Å². The number of hydrogen-bond acceptors (Lipinski definition) is 4. The molecule has 6 nitrogen and oxygen atoms in total. The molecule has 1 amide bonds. The van der Waals surface area contributed by atoms with Crippen LogP contribution in [0.15, 0.2) is 54.6 Å². The van der Waals surface area contributed by atoms with Crippen LogP contribution in [0.5, 0.6) is 0 Å². The number of benzene rings is 2. The molecule has 1 heterocycles. The fourth-order valence-corrected chi connectivity index (χ4v) is 3.88. The molecule has 1 N–H and O–H groups in total. The number of sulfone groups is 1. The molecule has 8 heteroatoms. The predicted octanol–water partition coefficient (Wildman–Crippen LogP) is 3.63. The Morgan fingerprint density at radius 2 is 1.85 bits per heavy atom. The van der Waals surface area contributed by atoms with Crippen molar-refractivity contribution in [3.05, 3.63) is 76.6 Å². The van der Waals surface area contributed by atoms with E-state index in [2.05, 4.69) is 10.4 Å². The van der Waals surface area contributed by atoms with Gasteiger partial charge in [-0.2, -0.15) is 5.10 Å². The van der Waals surface area contributed by atoms with E-state index >= 15 is 0 Å². The van der Waals surface area contributed by atoms with Crippen LogP contribution in [0.3, 0.4) is 0 Å². The van der Waals surface area contributed by atoms with E-state index in [1.165, 1.54) is 10.9 Å². The summed E-state index contributed by atoms with van der Waals surface area (Å²) in [6, 6.07) is 16.0. The molecule has 0 unspecified atom stereocenters. The summed E-state index contributed by atoms with van der Waals surface area (Å²) in [4.78, 5) is 12.7. The van der Waals surface area contributed by atoms with Gasteiger partial charge in [0.05, 0.1) is 17.1 Å². The zero-order valence-electron chi connectivity index (χ0n) is 14.8. The molecule has 1 aromatic heterocycles. The van der Waals surface area contributed by atoms with E-state index in [-0.39, 0.29) is 16.5 Å². The maximum Gasteiger partial charge on any atom is 0.260 e. The lowest BCUT2D eigenvalue weighted by Gasteiger charge is -2.07. The van der Waals surface area contributed by atoms with Crippen molar-refractivity contribution in [3.63, 3.8) is 0 Å². The van der Waals surface area contributed by atoms with Gasteiger partial charge in [-0.15, -0.1) is 0 Å². The first-order valence-electron chi connectivity index (χ1n) is 8.13. The summed E-state index contributed by atoms with van der Waals surface area (Å²) in [5.74, 6) is -0.501. The second kappa shape index (κ2) is 7.54. The Kier molecular flexibility index (Phi) is 5.34.